The van der Waals surface area contributed by atoms with Crippen LogP contribution in [-0.2, 0) is 10.3 Å². The zero-order valence-corrected chi connectivity index (χ0v) is 18.7. The number of hydrogen-bond donors (Lipinski definition) is 4. The maximum absolute atomic E-state index is 12.6. The first kappa shape index (κ1) is 23.3. The molecule has 30 heavy (non-hydrogen) atoms. The highest BCUT2D eigenvalue weighted by Gasteiger charge is 2.40. The summed E-state index contributed by atoms with van der Waals surface area (Å²) in [5, 5.41) is 21.1. The van der Waals surface area contributed by atoms with Gasteiger partial charge >= 0.3 is 5.97 Å². The lowest BCUT2D eigenvalue weighted by molar-refractivity contribution is -0.142. The highest BCUT2D eigenvalue weighted by molar-refractivity contribution is 5.95. The van der Waals surface area contributed by atoms with Crippen LogP contribution in [0.15, 0.2) is 36.4 Å². The molecule has 0 aliphatic heterocycles. The van der Waals surface area contributed by atoms with Gasteiger partial charge in [-0.05, 0) is 86.2 Å². The van der Waals surface area contributed by atoms with Gasteiger partial charge in [0.15, 0.2) is 5.54 Å². The number of rotatable bonds is 9. The number of aryl methyl sites for hydroxylation is 1. The van der Waals surface area contributed by atoms with E-state index in [1.54, 1.807) is 24.3 Å². The summed E-state index contributed by atoms with van der Waals surface area (Å²) >= 11 is 0. The Bertz CT molecular complexity index is 920. The van der Waals surface area contributed by atoms with Crippen molar-refractivity contribution in [3.8, 4) is 5.75 Å². The molecule has 0 amide bonds. The normalized spacial score (nSPS) is 13.2. The highest BCUT2D eigenvalue weighted by atomic mass is 16.5. The van der Waals surface area contributed by atoms with E-state index in [2.05, 4.69) is 19.2 Å². The lowest BCUT2D eigenvalue weighted by atomic mass is 9.81. The Morgan fingerprint density at radius 1 is 1.20 bits per heavy atom. The summed E-state index contributed by atoms with van der Waals surface area (Å²) in [7, 11) is 0. The summed E-state index contributed by atoms with van der Waals surface area (Å²) in [6, 6.07) is 10.8. The second kappa shape index (κ2) is 9.20. The smallest absolute Gasteiger partial charge is 0.334 e. The van der Waals surface area contributed by atoms with Crippen LogP contribution in [0.25, 0.3) is 0 Å². The standard InChI is InChI=1S/C24H33N3O3/c1-7-24(23(28)29,27-18-10-8-17(9-11-18)22(25)26)20-13-19(14(2)3)21(12-16(20)6)30-15(4)5/h8-15,27H,7H2,1-6H3,(H3,25,26)(H,28,29). The van der Waals surface area contributed by atoms with Crippen LogP contribution >= 0.6 is 0 Å². The fourth-order valence-electron chi connectivity index (χ4n) is 3.61. The SMILES string of the molecule is CCC(Nc1ccc(C(=N)N)cc1)(C(=O)O)c1cc(C(C)C)c(OC(C)C)cc1C. The predicted octanol–water partition coefficient (Wildman–Crippen LogP) is 4.99. The predicted molar refractivity (Wildman–Crippen MR) is 122 cm³/mol. The minimum absolute atomic E-state index is 0.0281. The second-order valence-electron chi connectivity index (χ2n) is 8.21. The molecule has 6 nitrogen and oxygen atoms in total. The van der Waals surface area contributed by atoms with Crippen molar-refractivity contribution in [3.63, 3.8) is 0 Å². The van der Waals surface area contributed by atoms with Crippen LogP contribution in [0, 0.1) is 12.3 Å². The number of carboxylic acids is 1. The average molecular weight is 412 g/mol. The van der Waals surface area contributed by atoms with E-state index < -0.39 is 11.5 Å². The number of anilines is 1. The Balaban J connectivity index is 2.61. The Morgan fingerprint density at radius 2 is 1.80 bits per heavy atom. The summed E-state index contributed by atoms with van der Waals surface area (Å²) in [4.78, 5) is 12.6. The van der Waals surface area contributed by atoms with Crippen LogP contribution in [0.1, 0.15) is 69.2 Å². The molecule has 0 bridgehead atoms. The number of carboxylic acid groups (broad SMARTS) is 1. The summed E-state index contributed by atoms with van der Waals surface area (Å²) in [5.41, 5.74) is 8.02. The van der Waals surface area contributed by atoms with Gasteiger partial charge in [-0.25, -0.2) is 4.79 Å². The van der Waals surface area contributed by atoms with Gasteiger partial charge in [0.25, 0.3) is 0 Å². The molecule has 1 atom stereocenters. The molecular weight excluding hydrogens is 378 g/mol. The molecule has 0 aliphatic carbocycles. The largest absolute Gasteiger partial charge is 0.491 e. The third-order valence-corrected chi connectivity index (χ3v) is 5.25. The van der Waals surface area contributed by atoms with Gasteiger partial charge in [-0.3, -0.25) is 5.41 Å². The molecule has 0 saturated carbocycles. The van der Waals surface area contributed by atoms with Gasteiger partial charge in [0.1, 0.15) is 11.6 Å². The molecule has 0 saturated heterocycles. The van der Waals surface area contributed by atoms with Crippen molar-refractivity contribution in [1.82, 2.24) is 0 Å². The molecule has 0 heterocycles. The van der Waals surface area contributed by atoms with E-state index in [1.165, 1.54) is 0 Å². The van der Waals surface area contributed by atoms with E-state index in [1.807, 2.05) is 39.8 Å². The van der Waals surface area contributed by atoms with Crippen molar-refractivity contribution in [1.29, 1.82) is 5.41 Å². The van der Waals surface area contributed by atoms with Gasteiger partial charge in [0.2, 0.25) is 0 Å². The van der Waals surface area contributed by atoms with Gasteiger partial charge in [0, 0.05) is 11.3 Å². The summed E-state index contributed by atoms with van der Waals surface area (Å²) < 4.78 is 6.00. The molecular formula is C24H33N3O3. The summed E-state index contributed by atoms with van der Waals surface area (Å²) in [6.45, 7) is 11.9. The average Bonchev–Trinajstić information content (AvgIpc) is 2.66. The van der Waals surface area contributed by atoms with E-state index in [4.69, 9.17) is 15.9 Å². The third-order valence-electron chi connectivity index (χ3n) is 5.25. The van der Waals surface area contributed by atoms with Gasteiger partial charge in [-0.1, -0.05) is 20.8 Å². The number of aliphatic carboxylic acids is 1. The van der Waals surface area contributed by atoms with Crippen molar-refractivity contribution in [3.05, 3.63) is 58.7 Å². The maximum atomic E-state index is 12.6. The monoisotopic (exact) mass is 411 g/mol. The van der Waals surface area contributed by atoms with E-state index in [0.717, 1.165) is 16.9 Å². The number of nitrogens with one attached hydrogen (secondary N) is 2. The van der Waals surface area contributed by atoms with Crippen LogP contribution in [0.3, 0.4) is 0 Å². The lowest BCUT2D eigenvalue weighted by Gasteiger charge is -2.34. The molecule has 0 radical (unpaired) electrons. The fraction of sp³-hybridized carbons (Fsp3) is 0.417. The first-order chi connectivity index (χ1) is 14.0. The zero-order chi connectivity index (χ0) is 22.6. The maximum Gasteiger partial charge on any atom is 0.334 e. The van der Waals surface area contributed by atoms with Crippen molar-refractivity contribution in [2.75, 3.05) is 5.32 Å². The third kappa shape index (κ3) is 4.75. The number of hydrogen-bond acceptors (Lipinski definition) is 4. The minimum atomic E-state index is -1.30. The topological polar surface area (TPSA) is 108 Å². The van der Waals surface area contributed by atoms with E-state index in [0.29, 0.717) is 23.2 Å². The number of nitrogens with two attached hydrogens (primary N) is 1. The highest BCUT2D eigenvalue weighted by Crippen LogP contribution is 2.38. The van der Waals surface area contributed by atoms with Crippen molar-refractivity contribution in [2.24, 2.45) is 5.73 Å². The number of nitrogen functional groups attached to an aromatic ring is 1. The summed E-state index contributed by atoms with van der Waals surface area (Å²) in [6.07, 6.45) is 0.376. The molecule has 2 aromatic rings. The minimum Gasteiger partial charge on any atom is -0.491 e. The molecule has 0 fully saturated rings. The van der Waals surface area contributed by atoms with Gasteiger partial charge < -0.3 is 20.9 Å². The molecule has 2 aromatic carbocycles. The Labute approximate surface area is 179 Å². The van der Waals surface area contributed by atoms with E-state index in [-0.39, 0.29) is 17.9 Å². The molecule has 0 spiro atoms. The second-order valence-corrected chi connectivity index (χ2v) is 8.21. The number of carbonyl (C=O) groups is 1. The Kier molecular flexibility index (Phi) is 7.13. The van der Waals surface area contributed by atoms with Gasteiger partial charge in [-0.15, -0.1) is 0 Å². The first-order valence-corrected chi connectivity index (χ1v) is 10.3. The van der Waals surface area contributed by atoms with Crippen molar-refractivity contribution < 1.29 is 14.6 Å². The first-order valence-electron chi connectivity index (χ1n) is 10.3. The quantitative estimate of drug-likeness (QED) is 0.343. The van der Waals surface area contributed by atoms with Crippen LogP contribution in [0.2, 0.25) is 0 Å². The molecule has 1 unspecified atom stereocenters. The van der Waals surface area contributed by atoms with Crippen LogP contribution in [-0.4, -0.2) is 23.0 Å². The molecule has 0 aliphatic rings. The summed E-state index contributed by atoms with van der Waals surface area (Å²) in [5.74, 6) is -0.00515. The molecule has 2 rings (SSSR count). The van der Waals surface area contributed by atoms with Gasteiger partial charge in [-0.2, -0.15) is 0 Å². The van der Waals surface area contributed by atoms with Crippen molar-refractivity contribution >= 4 is 17.5 Å². The number of benzene rings is 2. The van der Waals surface area contributed by atoms with Crippen LogP contribution < -0.4 is 15.8 Å². The molecule has 6 heteroatoms. The molecule has 0 aromatic heterocycles. The van der Waals surface area contributed by atoms with Gasteiger partial charge in [0.05, 0.1) is 6.10 Å². The Morgan fingerprint density at radius 3 is 2.23 bits per heavy atom. The van der Waals surface area contributed by atoms with Crippen LogP contribution in [0.5, 0.6) is 5.75 Å². The van der Waals surface area contributed by atoms with E-state index in [9.17, 15) is 9.90 Å². The Hall–Kier alpha value is -3.02. The number of amidine groups is 1. The lowest BCUT2D eigenvalue weighted by Crippen LogP contribution is -2.43. The van der Waals surface area contributed by atoms with E-state index >= 15 is 0 Å². The fourth-order valence-corrected chi connectivity index (χ4v) is 3.61. The van der Waals surface area contributed by atoms with Crippen LogP contribution in [0.4, 0.5) is 5.69 Å². The van der Waals surface area contributed by atoms with Crippen molar-refractivity contribution in [2.45, 2.75) is 65.5 Å². The zero-order valence-electron chi connectivity index (χ0n) is 18.7. The number of ether oxygens (including phenoxy) is 1. The molecule has 162 valence electrons. The molecule has 5 N–H and O–H groups in total.